The Hall–Kier alpha value is -1.90. The first kappa shape index (κ1) is 9.33. The van der Waals surface area contributed by atoms with E-state index in [4.69, 9.17) is 0 Å². The molecule has 2 heterocycles. The summed E-state index contributed by atoms with van der Waals surface area (Å²) in [5.41, 5.74) is 2.61. The van der Waals surface area contributed by atoms with Crippen LogP contribution < -0.4 is 4.90 Å². The third-order valence-corrected chi connectivity index (χ3v) is 2.97. The van der Waals surface area contributed by atoms with Crippen LogP contribution in [0.1, 0.15) is 12.5 Å². The number of hydrogen-bond donors (Lipinski definition) is 0. The van der Waals surface area contributed by atoms with E-state index in [9.17, 15) is 0 Å². The number of nitrogens with zero attached hydrogens (tertiary/aromatic N) is 3. The third-order valence-electron chi connectivity index (χ3n) is 2.97. The van der Waals surface area contributed by atoms with Crippen LogP contribution in [-0.4, -0.2) is 16.0 Å². The van der Waals surface area contributed by atoms with Gasteiger partial charge >= 0.3 is 0 Å². The van der Waals surface area contributed by atoms with Crippen LogP contribution in [0.2, 0.25) is 0 Å². The maximum absolute atomic E-state index is 4.32. The van der Waals surface area contributed by atoms with Crippen molar-refractivity contribution in [3.05, 3.63) is 48.3 Å². The molecule has 1 unspecified atom stereocenters. The van der Waals surface area contributed by atoms with Crippen LogP contribution in [-0.2, 0) is 6.42 Å². The fraction of sp³-hybridized carbons (Fsp3) is 0.231. The quantitative estimate of drug-likeness (QED) is 0.726. The highest BCUT2D eigenvalue weighted by Gasteiger charge is 2.28. The van der Waals surface area contributed by atoms with E-state index in [1.807, 2.05) is 6.07 Å². The topological polar surface area (TPSA) is 29.0 Å². The largest absolute Gasteiger partial charge is 0.307 e. The monoisotopic (exact) mass is 211 g/mol. The molecule has 1 atom stereocenters. The van der Waals surface area contributed by atoms with Crippen molar-refractivity contribution < 1.29 is 0 Å². The normalized spacial score (nSPS) is 18.6. The van der Waals surface area contributed by atoms with Crippen molar-refractivity contribution in [3.63, 3.8) is 0 Å². The molecular weight excluding hydrogens is 198 g/mol. The SMILES string of the molecule is CC1Cc2ccccc2N1c1ncccn1. The van der Waals surface area contributed by atoms with Gasteiger partial charge in [-0.05, 0) is 31.0 Å². The Kier molecular flexibility index (Phi) is 2.10. The summed E-state index contributed by atoms with van der Waals surface area (Å²) in [6.45, 7) is 2.20. The first-order valence-electron chi connectivity index (χ1n) is 5.50. The lowest BCUT2D eigenvalue weighted by atomic mass is 10.1. The summed E-state index contributed by atoms with van der Waals surface area (Å²) >= 11 is 0. The maximum Gasteiger partial charge on any atom is 0.230 e. The molecule has 3 nitrogen and oxygen atoms in total. The molecule has 0 fully saturated rings. The van der Waals surface area contributed by atoms with Gasteiger partial charge in [0, 0.05) is 24.1 Å². The third kappa shape index (κ3) is 1.36. The molecule has 0 saturated carbocycles. The molecule has 0 radical (unpaired) electrons. The number of anilines is 2. The smallest absolute Gasteiger partial charge is 0.230 e. The summed E-state index contributed by atoms with van der Waals surface area (Å²) in [4.78, 5) is 10.9. The fourth-order valence-corrected chi connectivity index (χ4v) is 2.29. The average molecular weight is 211 g/mol. The maximum atomic E-state index is 4.32. The molecule has 1 aromatic carbocycles. The van der Waals surface area contributed by atoms with Gasteiger partial charge in [-0.1, -0.05) is 18.2 Å². The van der Waals surface area contributed by atoms with E-state index in [2.05, 4.69) is 46.1 Å². The number of fused-ring (bicyclic) bond motifs is 1. The number of aromatic nitrogens is 2. The molecule has 0 aliphatic carbocycles. The molecule has 0 N–H and O–H groups in total. The Labute approximate surface area is 94.8 Å². The lowest BCUT2D eigenvalue weighted by Gasteiger charge is -2.22. The zero-order valence-corrected chi connectivity index (χ0v) is 9.17. The summed E-state index contributed by atoms with van der Waals surface area (Å²) in [6, 6.07) is 10.7. The molecule has 3 heteroatoms. The summed E-state index contributed by atoms with van der Waals surface area (Å²) in [5, 5.41) is 0. The lowest BCUT2D eigenvalue weighted by Crippen LogP contribution is -2.25. The second kappa shape index (κ2) is 3.59. The van der Waals surface area contributed by atoms with Crippen LogP contribution in [0.4, 0.5) is 11.6 Å². The number of para-hydroxylation sites is 1. The van der Waals surface area contributed by atoms with Crippen molar-refractivity contribution >= 4 is 11.6 Å². The van der Waals surface area contributed by atoms with Gasteiger partial charge in [0.05, 0.1) is 0 Å². The van der Waals surface area contributed by atoms with Crippen LogP contribution in [0.3, 0.4) is 0 Å². The van der Waals surface area contributed by atoms with Gasteiger partial charge < -0.3 is 4.90 Å². The molecule has 80 valence electrons. The first-order chi connectivity index (χ1) is 7.86. The van der Waals surface area contributed by atoms with Crippen molar-refractivity contribution in [2.75, 3.05) is 4.90 Å². The molecule has 1 aromatic heterocycles. The summed E-state index contributed by atoms with van der Waals surface area (Å²) in [6.07, 6.45) is 4.64. The minimum atomic E-state index is 0.430. The number of hydrogen-bond acceptors (Lipinski definition) is 3. The number of rotatable bonds is 1. The van der Waals surface area contributed by atoms with Crippen LogP contribution >= 0.6 is 0 Å². The van der Waals surface area contributed by atoms with Crippen molar-refractivity contribution in [3.8, 4) is 0 Å². The van der Waals surface area contributed by atoms with Gasteiger partial charge in [0.1, 0.15) is 0 Å². The van der Waals surface area contributed by atoms with Crippen molar-refractivity contribution in [1.29, 1.82) is 0 Å². The van der Waals surface area contributed by atoms with E-state index in [0.717, 1.165) is 12.4 Å². The highest BCUT2D eigenvalue weighted by atomic mass is 15.3. The van der Waals surface area contributed by atoms with Crippen LogP contribution in [0.5, 0.6) is 0 Å². The van der Waals surface area contributed by atoms with Gasteiger partial charge in [0.15, 0.2) is 0 Å². The van der Waals surface area contributed by atoms with E-state index >= 15 is 0 Å². The van der Waals surface area contributed by atoms with E-state index in [1.165, 1.54) is 11.3 Å². The minimum Gasteiger partial charge on any atom is -0.307 e. The lowest BCUT2D eigenvalue weighted by molar-refractivity contribution is 0.739. The average Bonchev–Trinajstić information content (AvgIpc) is 2.66. The van der Waals surface area contributed by atoms with Gasteiger partial charge in [0.2, 0.25) is 5.95 Å². The predicted octanol–water partition coefficient (Wildman–Crippen LogP) is 2.56. The van der Waals surface area contributed by atoms with Gasteiger partial charge in [-0.15, -0.1) is 0 Å². The van der Waals surface area contributed by atoms with Crippen LogP contribution in [0.25, 0.3) is 0 Å². The molecule has 1 aliphatic heterocycles. The Morgan fingerprint density at radius 3 is 2.69 bits per heavy atom. The van der Waals surface area contributed by atoms with E-state index in [1.54, 1.807) is 12.4 Å². The van der Waals surface area contributed by atoms with Gasteiger partial charge in [-0.2, -0.15) is 0 Å². The van der Waals surface area contributed by atoms with Crippen molar-refractivity contribution in [2.24, 2.45) is 0 Å². The molecule has 16 heavy (non-hydrogen) atoms. The fourth-order valence-electron chi connectivity index (χ4n) is 2.29. The summed E-state index contributed by atoms with van der Waals surface area (Å²) in [7, 11) is 0. The Morgan fingerprint density at radius 1 is 1.12 bits per heavy atom. The standard InChI is InChI=1S/C13H13N3/c1-10-9-11-5-2-3-6-12(11)16(10)13-14-7-4-8-15-13/h2-8,10H,9H2,1H3. The molecule has 0 saturated heterocycles. The van der Waals surface area contributed by atoms with E-state index in [0.29, 0.717) is 6.04 Å². The molecule has 0 amide bonds. The molecular formula is C13H13N3. The summed E-state index contributed by atoms with van der Waals surface area (Å²) in [5.74, 6) is 0.792. The molecule has 2 aromatic rings. The van der Waals surface area contributed by atoms with E-state index < -0.39 is 0 Å². The Morgan fingerprint density at radius 2 is 1.88 bits per heavy atom. The Bertz CT molecular complexity index is 496. The zero-order chi connectivity index (χ0) is 11.0. The van der Waals surface area contributed by atoms with Gasteiger partial charge in [0.25, 0.3) is 0 Å². The highest BCUT2D eigenvalue weighted by molar-refractivity contribution is 5.66. The molecule has 0 bridgehead atoms. The van der Waals surface area contributed by atoms with Crippen LogP contribution in [0, 0.1) is 0 Å². The Balaban J connectivity index is 2.09. The highest BCUT2D eigenvalue weighted by Crippen LogP contribution is 2.35. The van der Waals surface area contributed by atoms with E-state index in [-0.39, 0.29) is 0 Å². The van der Waals surface area contributed by atoms with Crippen molar-refractivity contribution in [2.45, 2.75) is 19.4 Å². The molecule has 3 rings (SSSR count). The first-order valence-corrected chi connectivity index (χ1v) is 5.50. The molecule has 1 aliphatic rings. The second-order valence-corrected chi connectivity index (χ2v) is 4.10. The second-order valence-electron chi connectivity index (χ2n) is 4.10. The zero-order valence-electron chi connectivity index (χ0n) is 9.17. The molecule has 0 spiro atoms. The number of benzene rings is 1. The summed E-state index contributed by atoms with van der Waals surface area (Å²) < 4.78 is 0. The van der Waals surface area contributed by atoms with Gasteiger partial charge in [-0.25, -0.2) is 9.97 Å². The van der Waals surface area contributed by atoms with Crippen molar-refractivity contribution in [1.82, 2.24) is 9.97 Å². The predicted molar refractivity (Wildman–Crippen MR) is 63.8 cm³/mol. The van der Waals surface area contributed by atoms with Gasteiger partial charge in [-0.3, -0.25) is 0 Å². The van der Waals surface area contributed by atoms with Crippen LogP contribution in [0.15, 0.2) is 42.7 Å². The minimum absolute atomic E-state index is 0.430.